The molecule has 0 aromatic heterocycles. The van der Waals surface area contributed by atoms with Gasteiger partial charge in [-0.1, -0.05) is 49.4 Å². The molecule has 18 heavy (non-hydrogen) atoms. The Hall–Kier alpha value is -1.38. The van der Waals surface area contributed by atoms with E-state index in [0.717, 1.165) is 24.0 Å². The Kier molecular flexibility index (Phi) is 4.73. The molecule has 0 spiro atoms. The van der Waals surface area contributed by atoms with Crippen LogP contribution >= 0.6 is 0 Å². The molecule has 0 amide bonds. The maximum Gasteiger partial charge on any atom is 0.0818 e. The molecule has 1 atom stereocenters. The first kappa shape index (κ1) is 13.1. The van der Waals surface area contributed by atoms with Gasteiger partial charge in [0.05, 0.1) is 6.10 Å². The predicted molar refractivity (Wildman–Crippen MR) is 74.6 cm³/mol. The van der Waals surface area contributed by atoms with Gasteiger partial charge in [-0.05, 0) is 22.8 Å². The average molecular weight is 244 g/mol. The number of hydrogen-bond donors (Lipinski definition) is 1. The van der Waals surface area contributed by atoms with Gasteiger partial charge in [0.1, 0.15) is 0 Å². The van der Waals surface area contributed by atoms with Crippen LogP contribution in [0, 0.1) is 0 Å². The highest BCUT2D eigenvalue weighted by molar-refractivity contribution is 5.85. The summed E-state index contributed by atoms with van der Waals surface area (Å²) in [5.41, 5.74) is 0.994. The lowest BCUT2D eigenvalue weighted by molar-refractivity contribution is 0.0828. The quantitative estimate of drug-likeness (QED) is 0.785. The van der Waals surface area contributed by atoms with Gasteiger partial charge < -0.3 is 9.84 Å². The van der Waals surface area contributed by atoms with Gasteiger partial charge in [0.15, 0.2) is 0 Å². The molecular formula is C16H20O2. The third kappa shape index (κ3) is 3.09. The van der Waals surface area contributed by atoms with Crippen molar-refractivity contribution in [2.24, 2.45) is 0 Å². The lowest BCUT2D eigenvalue weighted by Gasteiger charge is -2.13. The zero-order chi connectivity index (χ0) is 12.8. The summed E-state index contributed by atoms with van der Waals surface area (Å²) in [6.45, 7) is 3.46. The lowest BCUT2D eigenvalue weighted by Crippen LogP contribution is -2.04. The molecule has 0 fully saturated rings. The van der Waals surface area contributed by atoms with Crippen LogP contribution in [0.3, 0.4) is 0 Å². The Morgan fingerprint density at radius 2 is 1.83 bits per heavy atom. The number of fused-ring (bicyclic) bond motifs is 1. The molecule has 2 rings (SSSR count). The molecule has 96 valence electrons. The summed E-state index contributed by atoms with van der Waals surface area (Å²) < 4.78 is 5.43. The van der Waals surface area contributed by atoms with Crippen molar-refractivity contribution in [3.63, 3.8) is 0 Å². The van der Waals surface area contributed by atoms with Crippen molar-refractivity contribution >= 4 is 10.8 Å². The molecule has 1 unspecified atom stereocenters. The topological polar surface area (TPSA) is 29.5 Å². The van der Waals surface area contributed by atoms with E-state index >= 15 is 0 Å². The van der Waals surface area contributed by atoms with Crippen molar-refractivity contribution in [2.45, 2.75) is 25.9 Å². The fourth-order valence-electron chi connectivity index (χ4n) is 2.14. The summed E-state index contributed by atoms with van der Waals surface area (Å²) in [6.07, 6.45) is 1.21. The zero-order valence-corrected chi connectivity index (χ0v) is 10.8. The average Bonchev–Trinajstić information content (AvgIpc) is 2.43. The standard InChI is InChI=1S/C16H20O2/c1-2-11-18-12-10-16(17)15-9-5-7-13-6-3-4-8-14(13)15/h3-9,16-17H,2,10-12H2,1H3. The maximum absolute atomic E-state index is 10.2. The van der Waals surface area contributed by atoms with Crippen LogP contribution in [0.5, 0.6) is 0 Å². The summed E-state index contributed by atoms with van der Waals surface area (Å²) in [7, 11) is 0. The summed E-state index contributed by atoms with van der Waals surface area (Å²) in [5.74, 6) is 0. The van der Waals surface area contributed by atoms with Gasteiger partial charge in [-0.25, -0.2) is 0 Å². The molecular weight excluding hydrogens is 224 g/mol. The normalized spacial score (nSPS) is 12.8. The molecule has 2 heteroatoms. The second-order valence-electron chi connectivity index (χ2n) is 4.49. The van der Waals surface area contributed by atoms with Crippen LogP contribution in [0.2, 0.25) is 0 Å². The number of benzene rings is 2. The molecule has 0 heterocycles. The number of aliphatic hydroxyl groups is 1. The molecule has 0 saturated heterocycles. The van der Waals surface area contributed by atoms with Crippen molar-refractivity contribution in [1.29, 1.82) is 0 Å². The SMILES string of the molecule is CCCOCCC(O)c1cccc2ccccc12. The van der Waals surface area contributed by atoms with E-state index in [1.807, 2.05) is 24.3 Å². The van der Waals surface area contributed by atoms with Crippen molar-refractivity contribution in [3.8, 4) is 0 Å². The molecule has 0 bridgehead atoms. The Labute approximate surface area is 108 Å². The van der Waals surface area contributed by atoms with Crippen LogP contribution in [0.4, 0.5) is 0 Å². The van der Waals surface area contributed by atoms with E-state index in [4.69, 9.17) is 4.74 Å². The van der Waals surface area contributed by atoms with Gasteiger partial charge >= 0.3 is 0 Å². The molecule has 2 nitrogen and oxygen atoms in total. The molecule has 0 aliphatic rings. The zero-order valence-electron chi connectivity index (χ0n) is 10.8. The van der Waals surface area contributed by atoms with Gasteiger partial charge in [0.25, 0.3) is 0 Å². The smallest absolute Gasteiger partial charge is 0.0818 e. The minimum atomic E-state index is -0.451. The number of rotatable bonds is 6. The summed E-state index contributed by atoms with van der Waals surface area (Å²) in [4.78, 5) is 0. The monoisotopic (exact) mass is 244 g/mol. The lowest BCUT2D eigenvalue weighted by atomic mass is 9.99. The highest BCUT2D eigenvalue weighted by Gasteiger charge is 2.10. The van der Waals surface area contributed by atoms with Gasteiger partial charge in [-0.2, -0.15) is 0 Å². The van der Waals surface area contributed by atoms with E-state index < -0.39 is 6.10 Å². The van der Waals surface area contributed by atoms with Gasteiger partial charge in [-0.3, -0.25) is 0 Å². The van der Waals surface area contributed by atoms with Crippen molar-refractivity contribution in [1.82, 2.24) is 0 Å². The van der Waals surface area contributed by atoms with E-state index in [0.29, 0.717) is 13.0 Å². The number of hydrogen-bond acceptors (Lipinski definition) is 2. The second-order valence-corrected chi connectivity index (χ2v) is 4.49. The highest BCUT2D eigenvalue weighted by atomic mass is 16.5. The molecule has 0 radical (unpaired) electrons. The second kappa shape index (κ2) is 6.53. The predicted octanol–water partition coefficient (Wildman–Crippen LogP) is 3.69. The minimum Gasteiger partial charge on any atom is -0.388 e. The van der Waals surface area contributed by atoms with E-state index in [2.05, 4.69) is 25.1 Å². The molecule has 0 aliphatic heterocycles. The van der Waals surface area contributed by atoms with E-state index in [-0.39, 0.29) is 0 Å². The fourth-order valence-corrected chi connectivity index (χ4v) is 2.14. The Balaban J connectivity index is 2.10. The summed E-state index contributed by atoms with van der Waals surface area (Å²) in [6, 6.07) is 14.2. The molecule has 1 N–H and O–H groups in total. The first-order chi connectivity index (χ1) is 8.83. The van der Waals surface area contributed by atoms with Gasteiger partial charge in [0.2, 0.25) is 0 Å². The van der Waals surface area contributed by atoms with Gasteiger partial charge in [0, 0.05) is 19.6 Å². The minimum absolute atomic E-state index is 0.451. The molecule has 2 aromatic rings. The molecule has 0 saturated carbocycles. The largest absolute Gasteiger partial charge is 0.388 e. The van der Waals surface area contributed by atoms with Crippen LogP contribution in [0.1, 0.15) is 31.4 Å². The first-order valence-corrected chi connectivity index (χ1v) is 6.56. The Morgan fingerprint density at radius 3 is 2.67 bits per heavy atom. The van der Waals surface area contributed by atoms with E-state index in [9.17, 15) is 5.11 Å². The Morgan fingerprint density at radius 1 is 1.06 bits per heavy atom. The van der Waals surface area contributed by atoms with Crippen molar-refractivity contribution in [3.05, 3.63) is 48.0 Å². The molecule has 2 aromatic carbocycles. The fraction of sp³-hybridized carbons (Fsp3) is 0.375. The molecule has 0 aliphatic carbocycles. The van der Waals surface area contributed by atoms with Crippen molar-refractivity contribution < 1.29 is 9.84 Å². The van der Waals surface area contributed by atoms with Crippen LogP contribution in [-0.2, 0) is 4.74 Å². The first-order valence-electron chi connectivity index (χ1n) is 6.56. The van der Waals surface area contributed by atoms with Crippen LogP contribution in [0.15, 0.2) is 42.5 Å². The van der Waals surface area contributed by atoms with Crippen LogP contribution in [-0.4, -0.2) is 18.3 Å². The van der Waals surface area contributed by atoms with Crippen LogP contribution in [0.25, 0.3) is 10.8 Å². The van der Waals surface area contributed by atoms with E-state index in [1.54, 1.807) is 0 Å². The number of ether oxygens (including phenoxy) is 1. The highest BCUT2D eigenvalue weighted by Crippen LogP contribution is 2.26. The van der Waals surface area contributed by atoms with Crippen molar-refractivity contribution in [2.75, 3.05) is 13.2 Å². The summed E-state index contributed by atoms with van der Waals surface area (Å²) >= 11 is 0. The van der Waals surface area contributed by atoms with Crippen LogP contribution < -0.4 is 0 Å². The third-order valence-corrected chi connectivity index (χ3v) is 3.07. The third-order valence-electron chi connectivity index (χ3n) is 3.07. The summed E-state index contributed by atoms with van der Waals surface area (Å²) in [5, 5.41) is 12.5. The number of aliphatic hydroxyl groups excluding tert-OH is 1. The maximum atomic E-state index is 10.2. The van der Waals surface area contributed by atoms with E-state index in [1.165, 1.54) is 5.39 Å². The van der Waals surface area contributed by atoms with Gasteiger partial charge in [-0.15, -0.1) is 0 Å². The Bertz CT molecular complexity index is 488.